The Kier molecular flexibility index (Phi) is 4.06. The first kappa shape index (κ1) is 13.8. The van der Waals surface area contributed by atoms with Crippen LogP contribution in [0.15, 0.2) is 24.3 Å². The van der Waals surface area contributed by atoms with E-state index in [1.807, 2.05) is 29.7 Å². The molecule has 0 fully saturated rings. The predicted octanol–water partition coefficient (Wildman–Crippen LogP) is 1.31. The van der Waals surface area contributed by atoms with Gasteiger partial charge in [-0.05, 0) is 17.5 Å². The van der Waals surface area contributed by atoms with Crippen molar-refractivity contribution in [2.45, 2.75) is 25.2 Å². The fourth-order valence-electron chi connectivity index (χ4n) is 1.90. The predicted molar refractivity (Wildman–Crippen MR) is 60.9 cm³/mol. The van der Waals surface area contributed by atoms with Gasteiger partial charge < -0.3 is 5.32 Å². The van der Waals surface area contributed by atoms with E-state index in [9.17, 15) is 18.0 Å². The summed E-state index contributed by atoms with van der Waals surface area (Å²) in [4.78, 5) is 15.8. The van der Waals surface area contributed by atoms with Crippen LogP contribution in [0.3, 0.4) is 0 Å². The van der Waals surface area contributed by atoms with E-state index in [-0.39, 0.29) is 0 Å². The number of nitrogens with one attached hydrogen (secondary N) is 2. The van der Waals surface area contributed by atoms with Gasteiger partial charge in [-0.2, -0.15) is 13.2 Å². The topological polar surface area (TPSA) is 50.4 Å². The Bertz CT molecular complexity index is 463. The Morgan fingerprint density at radius 2 is 2.05 bits per heavy atom. The van der Waals surface area contributed by atoms with Crippen LogP contribution in [-0.4, -0.2) is 24.7 Å². The number of hydrogen-bond donors (Lipinski definition) is 2. The summed E-state index contributed by atoms with van der Waals surface area (Å²) in [5.41, 5.74) is 3.92. The standard InChI is InChI=1S/C12H13F3N2O2/c13-12(14,15)7-19-17-11(18)10-5-8-3-1-2-4-9(8)6-16-10/h1-4,10,16H,5-7H2,(H,17,18). The molecule has 1 aliphatic heterocycles. The van der Waals surface area contributed by atoms with E-state index in [2.05, 4.69) is 10.2 Å². The van der Waals surface area contributed by atoms with Gasteiger partial charge in [0.05, 0.1) is 6.04 Å². The van der Waals surface area contributed by atoms with Gasteiger partial charge in [-0.25, -0.2) is 5.48 Å². The van der Waals surface area contributed by atoms with Crippen molar-refractivity contribution in [2.75, 3.05) is 6.61 Å². The summed E-state index contributed by atoms with van der Waals surface area (Å²) in [5.74, 6) is -0.598. The highest BCUT2D eigenvalue weighted by molar-refractivity contribution is 5.81. The van der Waals surface area contributed by atoms with Gasteiger partial charge in [-0.3, -0.25) is 9.63 Å². The number of rotatable bonds is 3. The molecule has 1 unspecified atom stereocenters. The molecule has 2 N–H and O–H groups in total. The van der Waals surface area contributed by atoms with Crippen LogP contribution < -0.4 is 10.8 Å². The first-order chi connectivity index (χ1) is 8.96. The van der Waals surface area contributed by atoms with Crippen LogP contribution in [0.1, 0.15) is 11.1 Å². The Morgan fingerprint density at radius 3 is 2.74 bits per heavy atom. The van der Waals surface area contributed by atoms with Crippen molar-refractivity contribution in [3.8, 4) is 0 Å². The first-order valence-corrected chi connectivity index (χ1v) is 5.74. The third-order valence-electron chi connectivity index (χ3n) is 2.81. The van der Waals surface area contributed by atoms with Crippen molar-refractivity contribution in [2.24, 2.45) is 0 Å². The minimum atomic E-state index is -4.46. The molecule has 1 amide bonds. The van der Waals surface area contributed by atoms with Gasteiger partial charge in [0, 0.05) is 6.54 Å². The summed E-state index contributed by atoms with van der Waals surface area (Å²) in [6.45, 7) is -0.990. The average molecular weight is 274 g/mol. The van der Waals surface area contributed by atoms with Crippen LogP contribution in [0, 0.1) is 0 Å². The highest BCUT2D eigenvalue weighted by atomic mass is 19.4. The van der Waals surface area contributed by atoms with Gasteiger partial charge >= 0.3 is 6.18 Å². The molecule has 0 bridgehead atoms. The van der Waals surface area contributed by atoms with Crippen LogP contribution in [0.4, 0.5) is 13.2 Å². The van der Waals surface area contributed by atoms with E-state index in [4.69, 9.17) is 0 Å². The molecule has 0 radical (unpaired) electrons. The number of halogens is 3. The number of benzene rings is 1. The molecule has 2 rings (SSSR count). The number of amides is 1. The zero-order chi connectivity index (χ0) is 13.9. The SMILES string of the molecule is O=C(NOCC(F)(F)F)C1Cc2ccccc2CN1. The maximum absolute atomic E-state index is 11.9. The van der Waals surface area contributed by atoms with E-state index in [0.29, 0.717) is 13.0 Å². The third-order valence-corrected chi connectivity index (χ3v) is 2.81. The maximum Gasteiger partial charge on any atom is 0.414 e. The van der Waals surface area contributed by atoms with E-state index in [0.717, 1.165) is 11.1 Å². The van der Waals surface area contributed by atoms with Gasteiger partial charge in [0.15, 0.2) is 6.61 Å². The molecule has 104 valence electrons. The molecule has 1 aromatic rings. The van der Waals surface area contributed by atoms with Crippen molar-refractivity contribution in [1.82, 2.24) is 10.8 Å². The Balaban J connectivity index is 1.85. The summed E-state index contributed by atoms with van der Waals surface area (Å²) in [5, 5.41) is 2.95. The summed E-state index contributed by atoms with van der Waals surface area (Å²) in [6, 6.07) is 7.01. The van der Waals surface area contributed by atoms with Gasteiger partial charge in [0.25, 0.3) is 5.91 Å². The minimum Gasteiger partial charge on any atom is -0.301 e. The van der Waals surface area contributed by atoms with Gasteiger partial charge in [-0.15, -0.1) is 0 Å². The van der Waals surface area contributed by atoms with E-state index >= 15 is 0 Å². The molecule has 1 atom stereocenters. The fraction of sp³-hybridized carbons (Fsp3) is 0.417. The van der Waals surface area contributed by atoms with Crippen LogP contribution in [0.25, 0.3) is 0 Å². The van der Waals surface area contributed by atoms with Crippen molar-refractivity contribution in [1.29, 1.82) is 0 Å². The lowest BCUT2D eigenvalue weighted by molar-refractivity contribution is -0.192. The molecular formula is C12H13F3N2O2. The molecule has 19 heavy (non-hydrogen) atoms. The van der Waals surface area contributed by atoms with Crippen LogP contribution in [0.5, 0.6) is 0 Å². The van der Waals surface area contributed by atoms with Gasteiger partial charge in [-0.1, -0.05) is 24.3 Å². The number of fused-ring (bicyclic) bond motifs is 1. The van der Waals surface area contributed by atoms with Gasteiger partial charge in [0.1, 0.15) is 0 Å². The lowest BCUT2D eigenvalue weighted by Crippen LogP contribution is -2.48. The third kappa shape index (κ3) is 3.93. The number of carbonyl (C=O) groups is 1. The van der Waals surface area contributed by atoms with E-state index in [1.54, 1.807) is 0 Å². The first-order valence-electron chi connectivity index (χ1n) is 5.74. The monoisotopic (exact) mass is 274 g/mol. The van der Waals surface area contributed by atoms with Gasteiger partial charge in [0.2, 0.25) is 0 Å². The summed E-state index contributed by atoms with van der Waals surface area (Å²) >= 11 is 0. The zero-order valence-corrected chi connectivity index (χ0v) is 9.96. The molecule has 1 heterocycles. The molecular weight excluding hydrogens is 261 g/mol. The fourth-order valence-corrected chi connectivity index (χ4v) is 1.90. The molecule has 0 saturated carbocycles. The largest absolute Gasteiger partial charge is 0.414 e. The molecule has 0 aromatic heterocycles. The minimum absolute atomic E-state index is 0.428. The van der Waals surface area contributed by atoms with Crippen LogP contribution in [0.2, 0.25) is 0 Å². The maximum atomic E-state index is 11.9. The molecule has 7 heteroatoms. The molecule has 0 saturated heterocycles. The number of hydrogen-bond acceptors (Lipinski definition) is 3. The van der Waals surface area contributed by atoms with Crippen molar-refractivity contribution in [3.63, 3.8) is 0 Å². The highest BCUT2D eigenvalue weighted by Gasteiger charge is 2.29. The average Bonchev–Trinajstić information content (AvgIpc) is 2.36. The lowest BCUT2D eigenvalue weighted by Gasteiger charge is -2.25. The second-order valence-electron chi connectivity index (χ2n) is 4.28. The Morgan fingerprint density at radius 1 is 1.37 bits per heavy atom. The molecule has 0 aliphatic carbocycles. The number of carbonyl (C=O) groups excluding carboxylic acids is 1. The Hall–Kier alpha value is -1.60. The van der Waals surface area contributed by atoms with Crippen molar-refractivity contribution >= 4 is 5.91 Å². The lowest BCUT2D eigenvalue weighted by atomic mass is 9.96. The van der Waals surface area contributed by atoms with E-state index in [1.165, 1.54) is 0 Å². The summed E-state index contributed by atoms with van der Waals surface area (Å²) < 4.78 is 35.6. The van der Waals surface area contributed by atoms with Crippen LogP contribution >= 0.6 is 0 Å². The van der Waals surface area contributed by atoms with Crippen molar-refractivity contribution in [3.05, 3.63) is 35.4 Å². The molecule has 0 spiro atoms. The quantitative estimate of drug-likeness (QED) is 0.817. The zero-order valence-electron chi connectivity index (χ0n) is 9.96. The second-order valence-corrected chi connectivity index (χ2v) is 4.28. The molecule has 1 aliphatic rings. The molecule has 4 nitrogen and oxygen atoms in total. The Labute approximate surface area is 107 Å². The number of alkyl halides is 3. The van der Waals surface area contributed by atoms with Crippen LogP contribution in [-0.2, 0) is 22.6 Å². The summed E-state index contributed by atoms with van der Waals surface area (Å²) in [7, 11) is 0. The molecule has 1 aromatic carbocycles. The summed E-state index contributed by atoms with van der Waals surface area (Å²) in [6.07, 6.45) is -4.03. The normalized spacial score (nSPS) is 18.8. The second kappa shape index (κ2) is 5.58. The van der Waals surface area contributed by atoms with E-state index < -0.39 is 24.7 Å². The van der Waals surface area contributed by atoms with Crippen molar-refractivity contribution < 1.29 is 22.8 Å². The highest BCUT2D eigenvalue weighted by Crippen LogP contribution is 2.16. The number of hydroxylamine groups is 1. The smallest absolute Gasteiger partial charge is 0.301 e.